The predicted molar refractivity (Wildman–Crippen MR) is 95.3 cm³/mol. The van der Waals surface area contributed by atoms with Crippen molar-refractivity contribution in [2.45, 2.75) is 45.5 Å². The average molecular weight is 407 g/mol. The van der Waals surface area contributed by atoms with Crippen molar-refractivity contribution in [3.63, 3.8) is 0 Å². The van der Waals surface area contributed by atoms with E-state index >= 15 is 0 Å². The Morgan fingerprint density at radius 3 is 2.50 bits per heavy atom. The van der Waals surface area contributed by atoms with E-state index < -0.39 is 42.3 Å². The van der Waals surface area contributed by atoms with Crippen molar-refractivity contribution in [2.24, 2.45) is 11.8 Å². The number of thioether (sulfide) groups is 2. The van der Waals surface area contributed by atoms with Gasteiger partial charge >= 0.3 is 11.9 Å². The molecule has 2 aliphatic rings. The summed E-state index contributed by atoms with van der Waals surface area (Å²) in [4.78, 5) is 37.7. The number of rotatable bonds is 8. The van der Waals surface area contributed by atoms with Crippen LogP contribution in [-0.2, 0) is 23.9 Å². The Labute approximate surface area is 159 Å². The number of hydrogen-bond acceptors (Lipinski definition) is 8. The summed E-state index contributed by atoms with van der Waals surface area (Å²) in [5, 5.41) is 9.34. The lowest BCUT2D eigenvalue weighted by Gasteiger charge is -2.43. The molecule has 0 aromatic heterocycles. The van der Waals surface area contributed by atoms with Crippen molar-refractivity contribution >= 4 is 41.4 Å². The van der Waals surface area contributed by atoms with Crippen molar-refractivity contribution in [3.05, 3.63) is 9.93 Å². The van der Waals surface area contributed by atoms with Gasteiger partial charge in [0.25, 0.3) is 0 Å². The van der Waals surface area contributed by atoms with E-state index in [9.17, 15) is 23.9 Å². The van der Waals surface area contributed by atoms with Gasteiger partial charge in [-0.2, -0.15) is 0 Å². The number of hydrogen-bond donors (Lipinski definition) is 1. The molecule has 0 bridgehead atoms. The molecule has 0 spiro atoms. The number of alkyl halides is 1. The summed E-state index contributed by atoms with van der Waals surface area (Å²) < 4.78 is 23.2. The molecule has 0 radical (unpaired) electrons. The highest BCUT2D eigenvalue weighted by Crippen LogP contribution is 2.53. The molecule has 2 heterocycles. The fourth-order valence-corrected chi connectivity index (χ4v) is 5.22. The van der Waals surface area contributed by atoms with E-state index in [4.69, 9.17) is 9.47 Å². The minimum Gasteiger partial charge on any atom is -0.425 e. The van der Waals surface area contributed by atoms with E-state index in [2.05, 4.69) is 0 Å². The van der Waals surface area contributed by atoms with Gasteiger partial charge in [0, 0.05) is 12.7 Å². The normalized spacial score (nSPS) is 24.3. The SMILES string of the molecule is CC(OC(=O)C1=C(SCCF)S[C@@H]2[C@@H]([C@@H](C)O)C(=O)N12)OC(=O)C(C)C. The number of carbonyl (C=O) groups excluding carboxylic acids is 3. The third kappa shape index (κ3) is 4.17. The van der Waals surface area contributed by atoms with Crippen LogP contribution in [-0.4, -0.2) is 58.0 Å². The van der Waals surface area contributed by atoms with Crippen LogP contribution in [0.15, 0.2) is 9.93 Å². The van der Waals surface area contributed by atoms with Crippen LogP contribution in [0.25, 0.3) is 0 Å². The van der Waals surface area contributed by atoms with Gasteiger partial charge in [-0.1, -0.05) is 25.6 Å². The molecule has 2 aliphatic heterocycles. The highest BCUT2D eigenvalue weighted by Gasteiger charge is 2.58. The third-order valence-corrected chi connectivity index (χ3v) is 6.41. The van der Waals surface area contributed by atoms with Gasteiger partial charge in [0.05, 0.1) is 28.9 Å². The lowest BCUT2D eigenvalue weighted by Crippen LogP contribution is -2.60. The smallest absolute Gasteiger partial charge is 0.359 e. The molecule has 7 nitrogen and oxygen atoms in total. The summed E-state index contributed by atoms with van der Waals surface area (Å²) in [6.07, 6.45) is -1.98. The molecule has 1 unspecified atom stereocenters. The van der Waals surface area contributed by atoms with E-state index in [-0.39, 0.29) is 23.3 Å². The van der Waals surface area contributed by atoms with Crippen LogP contribution in [0.4, 0.5) is 4.39 Å². The van der Waals surface area contributed by atoms with Gasteiger partial charge in [-0.05, 0) is 6.92 Å². The van der Waals surface area contributed by atoms with Crippen LogP contribution in [0.5, 0.6) is 0 Å². The van der Waals surface area contributed by atoms with E-state index in [1.807, 2.05) is 0 Å². The summed E-state index contributed by atoms with van der Waals surface area (Å²) >= 11 is 2.35. The zero-order chi connectivity index (χ0) is 19.6. The number of β-lactam (4-membered cyclic amide) rings is 1. The molecule has 26 heavy (non-hydrogen) atoms. The first kappa shape index (κ1) is 21.0. The molecule has 0 saturated carbocycles. The highest BCUT2D eigenvalue weighted by atomic mass is 32.2. The van der Waals surface area contributed by atoms with Crippen LogP contribution in [0.3, 0.4) is 0 Å². The van der Waals surface area contributed by atoms with Crippen molar-refractivity contribution in [2.75, 3.05) is 12.4 Å². The molecule has 1 fully saturated rings. The second kappa shape index (κ2) is 8.62. The topological polar surface area (TPSA) is 93.1 Å². The quantitative estimate of drug-likeness (QED) is 0.370. The predicted octanol–water partition coefficient (Wildman–Crippen LogP) is 1.86. The lowest BCUT2D eigenvalue weighted by molar-refractivity contribution is -0.187. The van der Waals surface area contributed by atoms with Gasteiger partial charge in [-0.15, -0.1) is 11.8 Å². The van der Waals surface area contributed by atoms with Crippen molar-refractivity contribution in [1.82, 2.24) is 4.90 Å². The number of amides is 1. The standard InChI is InChI=1S/C16H22FNO6S2/c1-7(2)14(21)23-9(4)24-15(22)11-16(25-6-5-17)26-13-10(8(3)19)12(20)18(11)13/h7-10,13,19H,5-6H2,1-4H3/t8-,9?,10+,13-/m1/s1. The molecule has 1 saturated heterocycles. The van der Waals surface area contributed by atoms with E-state index in [0.29, 0.717) is 4.24 Å². The Morgan fingerprint density at radius 2 is 1.96 bits per heavy atom. The summed E-state index contributed by atoms with van der Waals surface area (Å²) in [6, 6.07) is 0. The Balaban J connectivity index is 2.13. The van der Waals surface area contributed by atoms with Gasteiger partial charge in [0.2, 0.25) is 12.2 Å². The van der Waals surface area contributed by atoms with E-state index in [1.165, 1.54) is 30.5 Å². The summed E-state index contributed by atoms with van der Waals surface area (Å²) in [7, 11) is 0. The van der Waals surface area contributed by atoms with Crippen molar-refractivity contribution < 1.29 is 33.4 Å². The Kier molecular flexibility index (Phi) is 6.98. The average Bonchev–Trinajstić information content (AvgIpc) is 2.86. The fraction of sp³-hybridized carbons (Fsp3) is 0.688. The van der Waals surface area contributed by atoms with Gasteiger partial charge in [0.15, 0.2) is 5.70 Å². The van der Waals surface area contributed by atoms with Crippen molar-refractivity contribution in [3.8, 4) is 0 Å². The first-order valence-electron chi connectivity index (χ1n) is 8.21. The molecular formula is C16H22FNO6S2. The maximum absolute atomic E-state index is 12.5. The van der Waals surface area contributed by atoms with Gasteiger partial charge in [-0.25, -0.2) is 4.79 Å². The monoisotopic (exact) mass is 407 g/mol. The molecular weight excluding hydrogens is 385 g/mol. The maximum atomic E-state index is 12.5. The number of aliphatic hydroxyl groups excluding tert-OH is 1. The molecule has 10 heteroatoms. The summed E-state index contributed by atoms with van der Waals surface area (Å²) in [5.74, 6) is -2.58. The van der Waals surface area contributed by atoms with Crippen LogP contribution < -0.4 is 0 Å². The number of aliphatic hydroxyl groups is 1. The second-order valence-electron chi connectivity index (χ2n) is 6.22. The molecule has 1 N–H and O–H groups in total. The number of halogens is 1. The Morgan fingerprint density at radius 1 is 1.31 bits per heavy atom. The zero-order valence-electron chi connectivity index (χ0n) is 14.9. The van der Waals surface area contributed by atoms with Crippen LogP contribution in [0.1, 0.15) is 27.7 Å². The number of nitrogens with zero attached hydrogens (tertiary/aromatic N) is 1. The number of carbonyl (C=O) groups is 3. The molecule has 2 rings (SSSR count). The van der Waals surface area contributed by atoms with E-state index in [0.717, 1.165) is 11.8 Å². The van der Waals surface area contributed by atoms with E-state index in [1.54, 1.807) is 13.8 Å². The summed E-state index contributed by atoms with van der Waals surface area (Å²) in [5.41, 5.74) is 0.0211. The zero-order valence-corrected chi connectivity index (χ0v) is 16.6. The minimum absolute atomic E-state index is 0.0211. The number of ether oxygens (including phenoxy) is 2. The first-order valence-corrected chi connectivity index (χ1v) is 10.1. The van der Waals surface area contributed by atoms with Gasteiger partial charge in [-0.3, -0.25) is 18.9 Å². The highest BCUT2D eigenvalue weighted by molar-refractivity contribution is 8.22. The lowest BCUT2D eigenvalue weighted by atomic mass is 9.92. The molecule has 146 valence electrons. The Hall–Kier alpha value is -1.26. The fourth-order valence-electron chi connectivity index (χ4n) is 2.50. The summed E-state index contributed by atoms with van der Waals surface area (Å²) in [6.45, 7) is 5.64. The first-order chi connectivity index (χ1) is 12.2. The molecule has 4 atom stereocenters. The molecule has 0 aliphatic carbocycles. The van der Waals surface area contributed by atoms with Gasteiger partial charge < -0.3 is 14.6 Å². The molecule has 0 aromatic carbocycles. The van der Waals surface area contributed by atoms with Crippen molar-refractivity contribution in [1.29, 1.82) is 0 Å². The minimum atomic E-state index is -1.12. The molecule has 0 aromatic rings. The van der Waals surface area contributed by atoms with Crippen LogP contribution in [0.2, 0.25) is 0 Å². The maximum Gasteiger partial charge on any atom is 0.359 e. The Bertz CT molecular complexity index is 624. The number of fused-ring (bicyclic) bond motifs is 1. The largest absolute Gasteiger partial charge is 0.425 e. The third-order valence-electron chi connectivity index (χ3n) is 3.80. The van der Waals surface area contributed by atoms with Crippen LogP contribution in [0, 0.1) is 11.8 Å². The van der Waals surface area contributed by atoms with Gasteiger partial charge in [0.1, 0.15) is 5.37 Å². The van der Waals surface area contributed by atoms with Crippen LogP contribution >= 0.6 is 23.5 Å². The second-order valence-corrected chi connectivity index (χ2v) is 8.71. The molecule has 1 amide bonds. The number of esters is 2.